The summed E-state index contributed by atoms with van der Waals surface area (Å²) >= 11 is 9.94. The number of nitrogens with one attached hydrogen (secondary N) is 1. The van der Waals surface area contributed by atoms with Crippen LogP contribution >= 0.6 is 46.0 Å². The van der Waals surface area contributed by atoms with E-state index >= 15 is 0 Å². The molecule has 0 radical (unpaired) electrons. The monoisotopic (exact) mass is 857 g/mol. The minimum Gasteiger partial charge on any atom is -0.490 e. The van der Waals surface area contributed by atoms with Crippen LogP contribution in [0.5, 0.6) is 11.5 Å². The van der Waals surface area contributed by atoms with Gasteiger partial charge < -0.3 is 14.8 Å². The molecule has 270 valence electrons. The van der Waals surface area contributed by atoms with E-state index in [9.17, 15) is 14.4 Å². The molecule has 0 aromatic heterocycles. The lowest BCUT2D eigenvalue weighted by Gasteiger charge is -2.28. The summed E-state index contributed by atoms with van der Waals surface area (Å²) in [6, 6.07) is 30.1. The van der Waals surface area contributed by atoms with Crippen molar-refractivity contribution in [2.75, 3.05) is 12.4 Å². The highest BCUT2D eigenvalue weighted by Crippen LogP contribution is 2.38. The first kappa shape index (κ1) is 39.3. The van der Waals surface area contributed by atoms with Gasteiger partial charge in [0.05, 0.1) is 23.4 Å². The molecule has 0 aliphatic carbocycles. The van der Waals surface area contributed by atoms with Crippen LogP contribution in [0, 0.1) is 3.57 Å². The smallest absolute Gasteiger partial charge is 0.285 e. The fourth-order valence-electron chi connectivity index (χ4n) is 5.37. The Balaban J connectivity index is 1.42. The highest BCUT2D eigenvalue weighted by molar-refractivity contribution is 14.1. The molecule has 1 aliphatic heterocycles. The minimum atomic E-state index is -0.753. The Morgan fingerprint density at radius 3 is 2.26 bits per heavy atom. The van der Waals surface area contributed by atoms with Crippen LogP contribution in [0.4, 0.5) is 0 Å². The van der Waals surface area contributed by atoms with Crippen molar-refractivity contribution in [3.8, 4) is 11.5 Å². The van der Waals surface area contributed by atoms with Crippen molar-refractivity contribution in [3.63, 3.8) is 0 Å². The lowest BCUT2D eigenvalue weighted by molar-refractivity contribution is -0.126. The Bertz CT molecular complexity index is 2040. The van der Waals surface area contributed by atoms with Crippen molar-refractivity contribution in [1.29, 1.82) is 0 Å². The average molecular weight is 858 g/mol. The van der Waals surface area contributed by atoms with Crippen LogP contribution in [0.2, 0.25) is 5.02 Å². The molecule has 0 bridgehead atoms. The Morgan fingerprint density at radius 2 is 1.66 bits per heavy atom. The van der Waals surface area contributed by atoms with E-state index in [1.165, 1.54) is 11.0 Å². The van der Waals surface area contributed by atoms with Crippen molar-refractivity contribution >= 4 is 74.9 Å². The standard InChI is InChI=1S/C42H37ClIN3O5S/c1-4-7-18-33(5-2)47-41(50)34(23-29-24-35(43)39(36(25-29)51-6-3)52-26-28-19-21-32(44)22-20-28)40(49)46-42(47)53-27-37(48)45-38(30-14-10-8-11-15-30)31-16-12-9-13-17-31/h4-5,7-25,38H,1,6,26-27H2,2-3H3,(H,45,48)/b18-7-,33-5+,34-23+. The van der Waals surface area contributed by atoms with Gasteiger partial charge in [0.15, 0.2) is 16.7 Å². The maximum absolute atomic E-state index is 14.2. The summed E-state index contributed by atoms with van der Waals surface area (Å²) in [7, 11) is 0. The maximum Gasteiger partial charge on any atom is 0.285 e. The second-order valence-electron chi connectivity index (χ2n) is 11.5. The van der Waals surface area contributed by atoms with Gasteiger partial charge in [0, 0.05) is 9.27 Å². The normalized spacial score (nSPS) is 14.1. The predicted molar refractivity (Wildman–Crippen MR) is 222 cm³/mol. The molecule has 5 rings (SSSR count). The maximum atomic E-state index is 14.2. The van der Waals surface area contributed by atoms with Gasteiger partial charge in [-0.15, -0.1) is 0 Å². The topological polar surface area (TPSA) is 97.3 Å². The number of rotatable bonds is 14. The zero-order valence-corrected chi connectivity index (χ0v) is 32.9. The van der Waals surface area contributed by atoms with E-state index in [0.29, 0.717) is 29.4 Å². The molecule has 1 heterocycles. The van der Waals surface area contributed by atoms with Gasteiger partial charge in [0.1, 0.15) is 12.2 Å². The quantitative estimate of drug-likeness (QED) is 0.0588. The van der Waals surface area contributed by atoms with Crippen LogP contribution in [0.3, 0.4) is 0 Å². The zero-order valence-electron chi connectivity index (χ0n) is 29.1. The van der Waals surface area contributed by atoms with E-state index in [1.54, 1.807) is 43.4 Å². The van der Waals surface area contributed by atoms with E-state index in [1.807, 2.05) is 91.9 Å². The van der Waals surface area contributed by atoms with Gasteiger partial charge in [-0.2, -0.15) is 4.99 Å². The first-order valence-corrected chi connectivity index (χ1v) is 19.2. The van der Waals surface area contributed by atoms with Gasteiger partial charge >= 0.3 is 0 Å². The van der Waals surface area contributed by atoms with Crippen molar-refractivity contribution in [2.45, 2.75) is 26.5 Å². The van der Waals surface area contributed by atoms with Gasteiger partial charge in [-0.25, -0.2) is 0 Å². The molecule has 0 saturated carbocycles. The molecule has 3 amide bonds. The molecule has 4 aromatic rings. The van der Waals surface area contributed by atoms with Crippen LogP contribution in [0.25, 0.3) is 6.08 Å². The van der Waals surface area contributed by atoms with Crippen LogP contribution < -0.4 is 14.8 Å². The van der Waals surface area contributed by atoms with Crippen molar-refractivity contribution in [1.82, 2.24) is 10.2 Å². The third-order valence-electron chi connectivity index (χ3n) is 7.85. The SMILES string of the molecule is C=C/C=C\C(=C/C)N1C(=O)/C(=C/c2cc(Cl)c(OCc3ccc(I)cc3)c(OCC)c2)C(=O)N=C1SCC(=O)NC(c1ccccc1)c1ccccc1. The van der Waals surface area contributed by atoms with Gasteiger partial charge in [0.25, 0.3) is 11.8 Å². The Hall–Kier alpha value is -4.91. The van der Waals surface area contributed by atoms with Crippen LogP contribution in [0.15, 0.2) is 144 Å². The van der Waals surface area contributed by atoms with Gasteiger partial charge in [-0.3, -0.25) is 19.3 Å². The molecule has 8 nitrogen and oxygen atoms in total. The molecule has 4 aromatic carbocycles. The average Bonchev–Trinajstić information content (AvgIpc) is 3.16. The zero-order chi connectivity index (χ0) is 37.7. The van der Waals surface area contributed by atoms with E-state index in [0.717, 1.165) is 32.0 Å². The summed E-state index contributed by atoms with van der Waals surface area (Å²) in [5.41, 5.74) is 3.48. The van der Waals surface area contributed by atoms with Gasteiger partial charge in [-0.05, 0) is 95.1 Å². The third kappa shape index (κ3) is 10.4. The number of allylic oxidation sites excluding steroid dienone is 4. The molecule has 1 N–H and O–H groups in total. The van der Waals surface area contributed by atoms with Gasteiger partial charge in [0.2, 0.25) is 5.91 Å². The first-order chi connectivity index (χ1) is 25.7. The Labute approximate surface area is 332 Å². The predicted octanol–water partition coefficient (Wildman–Crippen LogP) is 9.32. The number of ether oxygens (including phenoxy) is 2. The minimum absolute atomic E-state index is 0.0671. The Kier molecular flexibility index (Phi) is 14.3. The number of thioether (sulfide) groups is 1. The molecule has 0 saturated heterocycles. The number of carbonyl (C=O) groups excluding carboxylic acids is 3. The van der Waals surface area contributed by atoms with Crippen molar-refractivity contribution in [2.24, 2.45) is 4.99 Å². The third-order valence-corrected chi connectivity index (χ3v) is 9.79. The number of halogens is 2. The van der Waals surface area contributed by atoms with Crippen molar-refractivity contribution < 1.29 is 23.9 Å². The van der Waals surface area contributed by atoms with Gasteiger partial charge in [-0.1, -0.05) is 121 Å². The summed E-state index contributed by atoms with van der Waals surface area (Å²) in [5, 5.41) is 3.42. The summed E-state index contributed by atoms with van der Waals surface area (Å²) in [6.07, 6.45) is 8.07. The van der Waals surface area contributed by atoms with Crippen molar-refractivity contribution in [3.05, 3.63) is 170 Å². The highest BCUT2D eigenvalue weighted by Gasteiger charge is 2.35. The fraction of sp³-hybridized carbons (Fsp3) is 0.143. The number of hydrogen-bond acceptors (Lipinski definition) is 6. The van der Waals surface area contributed by atoms with E-state index in [-0.39, 0.29) is 34.0 Å². The second-order valence-corrected chi connectivity index (χ2v) is 14.1. The molecule has 11 heteroatoms. The Morgan fingerprint density at radius 1 is 1.00 bits per heavy atom. The summed E-state index contributed by atoms with van der Waals surface area (Å²) in [5.74, 6) is -1.07. The number of carbonyl (C=O) groups is 3. The molecule has 0 atom stereocenters. The number of hydrogen-bond donors (Lipinski definition) is 1. The molecular weight excluding hydrogens is 821 g/mol. The largest absolute Gasteiger partial charge is 0.490 e. The summed E-state index contributed by atoms with van der Waals surface area (Å²) < 4.78 is 13.0. The number of aliphatic imine (C=N–C) groups is 1. The molecule has 0 unspecified atom stereocenters. The van der Waals surface area contributed by atoms with Crippen LogP contribution in [-0.2, 0) is 21.0 Å². The summed E-state index contributed by atoms with van der Waals surface area (Å²) in [4.78, 5) is 46.9. The molecular formula is C42H37ClIN3O5S. The number of amidine groups is 1. The molecule has 1 aliphatic rings. The molecule has 0 fully saturated rings. The molecule has 0 spiro atoms. The second kappa shape index (κ2) is 19.2. The number of nitrogens with zero attached hydrogens (tertiary/aromatic N) is 2. The summed E-state index contributed by atoms with van der Waals surface area (Å²) in [6.45, 7) is 7.93. The highest BCUT2D eigenvalue weighted by atomic mass is 127. The van der Waals surface area contributed by atoms with E-state index in [2.05, 4.69) is 39.5 Å². The van der Waals surface area contributed by atoms with Crippen LogP contribution in [-0.4, -0.2) is 40.1 Å². The molecule has 53 heavy (non-hydrogen) atoms. The lowest BCUT2D eigenvalue weighted by Crippen LogP contribution is -2.42. The number of benzene rings is 4. The fourth-order valence-corrected chi connectivity index (χ4v) is 6.81. The van der Waals surface area contributed by atoms with E-state index < -0.39 is 17.9 Å². The first-order valence-electron chi connectivity index (χ1n) is 16.7. The van der Waals surface area contributed by atoms with E-state index in [4.69, 9.17) is 21.1 Å². The van der Waals surface area contributed by atoms with Crippen LogP contribution in [0.1, 0.15) is 42.1 Å². The lowest BCUT2D eigenvalue weighted by atomic mass is 9.99. The number of amides is 3.